The molecule has 0 aliphatic heterocycles. The Bertz CT molecular complexity index is 503. The highest BCUT2D eigenvalue weighted by atomic mass is 35.5. The van der Waals surface area contributed by atoms with E-state index >= 15 is 0 Å². The molecule has 8 heteroatoms. The minimum absolute atomic E-state index is 0. The van der Waals surface area contributed by atoms with Crippen molar-refractivity contribution < 1.29 is 13.6 Å². The lowest BCUT2D eigenvalue weighted by molar-refractivity contribution is -0.120. The summed E-state index contributed by atoms with van der Waals surface area (Å²) >= 11 is 0. The van der Waals surface area contributed by atoms with Crippen LogP contribution in [0.3, 0.4) is 0 Å². The number of hydrogen-bond donors (Lipinski definition) is 2. The molecule has 1 unspecified atom stereocenters. The topological polar surface area (TPSA) is 72.9 Å². The van der Waals surface area contributed by atoms with Crippen LogP contribution in [0, 0.1) is 19.8 Å². The highest BCUT2D eigenvalue weighted by Crippen LogP contribution is 2.31. The average molecular weight is 323 g/mol. The summed E-state index contributed by atoms with van der Waals surface area (Å²) in [4.78, 5) is 11.9. The van der Waals surface area contributed by atoms with Crippen molar-refractivity contribution in [3.8, 4) is 0 Å². The van der Waals surface area contributed by atoms with Gasteiger partial charge in [-0.2, -0.15) is 13.9 Å². The zero-order valence-electron chi connectivity index (χ0n) is 12.1. The van der Waals surface area contributed by atoms with E-state index in [0.29, 0.717) is 34.1 Å². The summed E-state index contributed by atoms with van der Waals surface area (Å²) in [7, 11) is 0. The van der Waals surface area contributed by atoms with Gasteiger partial charge in [-0.05, 0) is 32.6 Å². The Morgan fingerprint density at radius 1 is 1.48 bits per heavy atom. The van der Waals surface area contributed by atoms with Crippen LogP contribution >= 0.6 is 12.4 Å². The first-order chi connectivity index (χ1) is 9.40. The number of halogens is 3. The van der Waals surface area contributed by atoms with E-state index in [4.69, 9.17) is 5.73 Å². The lowest BCUT2D eigenvalue weighted by atomic mass is 10.1. The number of nitrogens with zero attached hydrogens (tertiary/aromatic N) is 2. The summed E-state index contributed by atoms with van der Waals surface area (Å²) in [5.41, 5.74) is 7.25. The van der Waals surface area contributed by atoms with Gasteiger partial charge in [-0.15, -0.1) is 12.4 Å². The number of nitrogens with two attached hydrogens (primary N) is 1. The first-order valence-electron chi connectivity index (χ1n) is 6.75. The van der Waals surface area contributed by atoms with Gasteiger partial charge in [0.1, 0.15) is 0 Å². The van der Waals surface area contributed by atoms with Gasteiger partial charge in [0.2, 0.25) is 5.91 Å². The molecular weight excluding hydrogens is 302 g/mol. The highest BCUT2D eigenvalue weighted by Gasteiger charge is 2.28. The van der Waals surface area contributed by atoms with Crippen LogP contribution in [0.2, 0.25) is 0 Å². The molecule has 5 nitrogen and oxygen atoms in total. The van der Waals surface area contributed by atoms with Crippen LogP contribution in [-0.2, 0) is 11.2 Å². The van der Waals surface area contributed by atoms with E-state index < -0.39 is 6.55 Å². The van der Waals surface area contributed by atoms with E-state index in [2.05, 4.69) is 10.4 Å². The molecule has 1 fully saturated rings. The van der Waals surface area contributed by atoms with Crippen LogP contribution in [0.25, 0.3) is 0 Å². The molecule has 0 bridgehead atoms. The molecule has 3 N–H and O–H groups in total. The maximum Gasteiger partial charge on any atom is 0.333 e. The van der Waals surface area contributed by atoms with Gasteiger partial charge < -0.3 is 11.1 Å². The summed E-state index contributed by atoms with van der Waals surface area (Å²) in [6, 6.07) is -0.00932. The number of carbonyl (C=O) groups excluding carboxylic acids is 1. The monoisotopic (exact) mass is 322 g/mol. The summed E-state index contributed by atoms with van der Waals surface area (Å²) in [5, 5.41) is 6.51. The number of alkyl halides is 2. The van der Waals surface area contributed by atoms with Gasteiger partial charge in [0.15, 0.2) is 0 Å². The minimum Gasteiger partial charge on any atom is -0.354 e. The van der Waals surface area contributed by atoms with Crippen molar-refractivity contribution in [1.82, 2.24) is 15.1 Å². The number of carbonyl (C=O) groups is 1. The molecular formula is C13H21ClF2N4O. The zero-order chi connectivity index (χ0) is 14.9. The third kappa shape index (κ3) is 4.38. The molecule has 1 aromatic rings. The van der Waals surface area contributed by atoms with E-state index in [1.54, 1.807) is 13.8 Å². The van der Waals surface area contributed by atoms with Crippen LogP contribution in [-0.4, -0.2) is 28.3 Å². The predicted octanol–water partition coefficient (Wildman–Crippen LogP) is 1.71. The van der Waals surface area contributed by atoms with Gasteiger partial charge in [-0.25, -0.2) is 4.68 Å². The number of amides is 1. The molecule has 0 radical (unpaired) electrons. The number of aryl methyl sites for hydroxylation is 1. The Hall–Kier alpha value is -1.21. The number of hydrogen-bond acceptors (Lipinski definition) is 3. The fourth-order valence-corrected chi connectivity index (χ4v) is 2.29. The van der Waals surface area contributed by atoms with Gasteiger partial charge in [0, 0.05) is 23.8 Å². The second kappa shape index (κ2) is 7.17. The van der Waals surface area contributed by atoms with Crippen LogP contribution in [0.5, 0.6) is 0 Å². The molecule has 1 saturated carbocycles. The van der Waals surface area contributed by atoms with Gasteiger partial charge in [-0.3, -0.25) is 4.79 Å². The van der Waals surface area contributed by atoms with Crippen LogP contribution in [0.1, 0.15) is 36.3 Å². The molecule has 1 aromatic heterocycles. The summed E-state index contributed by atoms with van der Waals surface area (Å²) < 4.78 is 26.0. The summed E-state index contributed by atoms with van der Waals surface area (Å²) in [6.45, 7) is 0.925. The summed E-state index contributed by atoms with van der Waals surface area (Å²) in [5.74, 6) is 0.307. The van der Waals surface area contributed by atoms with Gasteiger partial charge in [-0.1, -0.05) is 0 Å². The van der Waals surface area contributed by atoms with E-state index in [1.807, 2.05) is 0 Å². The summed E-state index contributed by atoms with van der Waals surface area (Å²) in [6.07, 6.45) is 2.30. The van der Waals surface area contributed by atoms with Crippen LogP contribution in [0.15, 0.2) is 0 Å². The second-order valence-corrected chi connectivity index (χ2v) is 5.35. The molecule has 120 valence electrons. The average Bonchev–Trinajstić information content (AvgIpc) is 3.18. The molecule has 1 atom stereocenters. The fraction of sp³-hybridized carbons (Fsp3) is 0.692. The quantitative estimate of drug-likeness (QED) is 0.837. The SMILES string of the molecule is Cc1nn(C(F)F)c(C)c1CC(=O)NCC(N)C1CC1.Cl. The van der Waals surface area contributed by atoms with Crippen molar-refractivity contribution in [3.05, 3.63) is 17.0 Å². The minimum atomic E-state index is -2.69. The second-order valence-electron chi connectivity index (χ2n) is 5.35. The zero-order valence-corrected chi connectivity index (χ0v) is 12.9. The Kier molecular flexibility index (Phi) is 6.10. The Labute approximate surface area is 128 Å². The number of rotatable bonds is 6. The molecule has 0 spiro atoms. The first kappa shape index (κ1) is 17.8. The third-order valence-corrected chi connectivity index (χ3v) is 3.76. The predicted molar refractivity (Wildman–Crippen MR) is 77.6 cm³/mol. The van der Waals surface area contributed by atoms with E-state index in [1.165, 1.54) is 0 Å². The molecule has 21 heavy (non-hydrogen) atoms. The molecule has 1 amide bonds. The standard InChI is InChI=1S/C13H20F2N4O.ClH/c1-7-10(8(2)19(18-7)13(14)15)5-12(20)17-6-11(16)9-3-4-9;/h9,11,13H,3-6,16H2,1-2H3,(H,17,20);1H. The lowest BCUT2D eigenvalue weighted by Gasteiger charge is -2.11. The van der Waals surface area contributed by atoms with Crippen molar-refractivity contribution in [2.45, 2.75) is 45.7 Å². The van der Waals surface area contributed by atoms with Crippen molar-refractivity contribution in [3.63, 3.8) is 0 Å². The van der Waals surface area contributed by atoms with Crippen molar-refractivity contribution in [2.24, 2.45) is 11.7 Å². The molecule has 0 saturated heterocycles. The van der Waals surface area contributed by atoms with Gasteiger partial charge in [0.05, 0.1) is 12.1 Å². The first-order valence-corrected chi connectivity index (χ1v) is 6.75. The molecule has 0 aromatic carbocycles. The highest BCUT2D eigenvalue weighted by molar-refractivity contribution is 5.85. The van der Waals surface area contributed by atoms with Crippen molar-refractivity contribution in [2.75, 3.05) is 6.54 Å². The van der Waals surface area contributed by atoms with Crippen LogP contribution in [0.4, 0.5) is 8.78 Å². The lowest BCUT2D eigenvalue weighted by Crippen LogP contribution is -2.39. The molecule has 1 aliphatic rings. The van der Waals surface area contributed by atoms with Gasteiger partial charge >= 0.3 is 6.55 Å². The van der Waals surface area contributed by atoms with Gasteiger partial charge in [0.25, 0.3) is 0 Å². The smallest absolute Gasteiger partial charge is 0.333 e. The number of nitrogens with one attached hydrogen (secondary N) is 1. The molecule has 1 aliphatic carbocycles. The number of aromatic nitrogens is 2. The van der Waals surface area contributed by atoms with Crippen molar-refractivity contribution in [1.29, 1.82) is 0 Å². The maximum absolute atomic E-state index is 12.7. The molecule has 2 rings (SSSR count). The Balaban J connectivity index is 0.00000220. The Morgan fingerprint density at radius 2 is 2.10 bits per heavy atom. The molecule has 1 heterocycles. The van der Waals surface area contributed by atoms with E-state index in [0.717, 1.165) is 12.8 Å². The third-order valence-electron chi connectivity index (χ3n) is 3.76. The normalized spacial score (nSPS) is 15.7. The van der Waals surface area contributed by atoms with Crippen molar-refractivity contribution >= 4 is 18.3 Å². The van der Waals surface area contributed by atoms with E-state index in [-0.39, 0.29) is 30.8 Å². The maximum atomic E-state index is 12.7. The van der Waals surface area contributed by atoms with E-state index in [9.17, 15) is 13.6 Å². The fourth-order valence-electron chi connectivity index (χ4n) is 2.29. The largest absolute Gasteiger partial charge is 0.354 e. The Morgan fingerprint density at radius 3 is 2.57 bits per heavy atom. The van der Waals surface area contributed by atoms with Crippen LogP contribution < -0.4 is 11.1 Å².